The Morgan fingerprint density at radius 1 is 0.627 bits per heavy atom. The summed E-state index contributed by atoms with van der Waals surface area (Å²) in [5.41, 5.74) is 8.83. The number of halogens is 1. The van der Waals surface area contributed by atoms with Crippen molar-refractivity contribution in [1.29, 1.82) is 0 Å². The van der Waals surface area contributed by atoms with Gasteiger partial charge in [0.2, 0.25) is 17.2 Å². The first-order valence-electron chi connectivity index (χ1n) is 13.2. The molecule has 11 N–H and O–H groups in total. The van der Waals surface area contributed by atoms with Gasteiger partial charge in [0.15, 0.2) is 0 Å². The van der Waals surface area contributed by atoms with Gasteiger partial charge in [0, 0.05) is 11.8 Å². The van der Waals surface area contributed by atoms with Crippen LogP contribution in [0.3, 0.4) is 0 Å². The first-order chi connectivity index (χ1) is 23.5. The third-order valence-electron chi connectivity index (χ3n) is 6.63. The lowest BCUT2D eigenvalue weighted by Crippen LogP contribution is -2.16. The fraction of sp³-hybridized carbons (Fsp3) is 0. The van der Waals surface area contributed by atoms with E-state index in [1.807, 2.05) is 0 Å². The van der Waals surface area contributed by atoms with Crippen molar-refractivity contribution in [3.05, 3.63) is 65.9 Å². The zero-order valence-corrected chi connectivity index (χ0v) is 28.7. The molecular weight excluding hydrogens is 784 g/mol. The van der Waals surface area contributed by atoms with Gasteiger partial charge in [-0.3, -0.25) is 29.1 Å². The van der Waals surface area contributed by atoms with Crippen molar-refractivity contribution in [3.8, 4) is 5.75 Å². The number of anilines is 7. The van der Waals surface area contributed by atoms with Gasteiger partial charge < -0.3 is 21.5 Å². The third-order valence-corrected chi connectivity index (χ3v) is 10.3. The predicted octanol–water partition coefficient (Wildman–Crippen LogP) is 2.88. The number of aromatic nitrogens is 3. The van der Waals surface area contributed by atoms with Gasteiger partial charge in [0.05, 0.1) is 33.0 Å². The fourth-order valence-electron chi connectivity index (χ4n) is 4.53. The van der Waals surface area contributed by atoms with Crippen molar-refractivity contribution in [3.63, 3.8) is 0 Å². The molecule has 1 heterocycles. The zero-order chi connectivity index (χ0) is 37.7. The largest absolute Gasteiger partial charge is 0.507 e. The molecule has 0 spiro atoms. The van der Waals surface area contributed by atoms with E-state index in [1.54, 1.807) is 0 Å². The Labute approximate surface area is 292 Å². The standard InChI is InChI=1S/C25H21ClN8O13S4/c26-23-30-24(32-25(31-23)29-14-3-1-2-4-17(14)49(39,40)41)28-12-5-6-15(18(9-12)50(42,43)44)33-34-22-20-11(8-19(21(22)27)51(45,46)47)7-13(10-16(20)35)48(36,37)38/h1-10,33-35H,27H2,(H,36,37,38)(H,39,40,41)(H,42,43,44)(H,45,46,47)(H2,28,29,30,31,32). The summed E-state index contributed by atoms with van der Waals surface area (Å²) in [6, 6.07) is 10.5. The fourth-order valence-corrected chi connectivity index (χ4v) is 7.20. The van der Waals surface area contributed by atoms with Crippen molar-refractivity contribution in [1.82, 2.24) is 15.0 Å². The molecule has 5 rings (SSSR count). The number of nitrogen functional groups attached to an aromatic ring is 1. The van der Waals surface area contributed by atoms with E-state index in [-0.39, 0.29) is 34.0 Å². The summed E-state index contributed by atoms with van der Waals surface area (Å²) in [7, 11) is -19.7. The average molecular weight is 805 g/mol. The molecule has 0 aliphatic heterocycles. The van der Waals surface area contributed by atoms with Gasteiger partial charge in [0.25, 0.3) is 40.5 Å². The molecule has 0 unspecified atom stereocenters. The number of rotatable bonds is 11. The first kappa shape index (κ1) is 37.1. The summed E-state index contributed by atoms with van der Waals surface area (Å²) in [5, 5.41) is 14.7. The Morgan fingerprint density at radius 2 is 1.24 bits per heavy atom. The number of nitrogens with zero attached hydrogens (tertiary/aromatic N) is 3. The lowest BCUT2D eigenvalue weighted by Gasteiger charge is -2.19. The highest BCUT2D eigenvalue weighted by Gasteiger charge is 2.25. The molecule has 5 aromatic rings. The molecule has 270 valence electrons. The highest BCUT2D eigenvalue weighted by atomic mass is 35.5. The molecule has 21 nitrogen and oxygen atoms in total. The van der Waals surface area contributed by atoms with Crippen LogP contribution in [-0.2, 0) is 40.5 Å². The van der Waals surface area contributed by atoms with Crippen LogP contribution in [0, 0.1) is 0 Å². The van der Waals surface area contributed by atoms with Gasteiger partial charge in [-0.05, 0) is 59.5 Å². The Kier molecular flexibility index (Phi) is 9.62. The molecule has 0 fully saturated rings. The Balaban J connectivity index is 1.51. The van der Waals surface area contributed by atoms with E-state index in [9.17, 15) is 57.0 Å². The summed E-state index contributed by atoms with van der Waals surface area (Å²) in [4.78, 5) is 8.56. The van der Waals surface area contributed by atoms with Crippen molar-refractivity contribution in [2.45, 2.75) is 19.6 Å². The van der Waals surface area contributed by atoms with Crippen molar-refractivity contribution in [2.24, 2.45) is 0 Å². The average Bonchev–Trinajstić information content (AvgIpc) is 2.99. The molecule has 0 saturated heterocycles. The topological polar surface area (TPSA) is 351 Å². The van der Waals surface area contributed by atoms with Crippen molar-refractivity contribution in [2.75, 3.05) is 27.2 Å². The quantitative estimate of drug-likeness (QED) is 0.0521. The van der Waals surface area contributed by atoms with Crippen LogP contribution in [0.1, 0.15) is 0 Å². The van der Waals surface area contributed by atoms with E-state index in [1.165, 1.54) is 24.3 Å². The minimum Gasteiger partial charge on any atom is -0.507 e. The monoisotopic (exact) mass is 804 g/mol. The molecule has 0 atom stereocenters. The van der Waals surface area contributed by atoms with Crippen LogP contribution < -0.4 is 27.2 Å². The molecule has 1 aromatic heterocycles. The van der Waals surface area contributed by atoms with Crippen LogP contribution >= 0.6 is 11.6 Å². The maximum absolute atomic E-state index is 12.4. The molecule has 0 aliphatic carbocycles. The van der Waals surface area contributed by atoms with Crippen LogP contribution in [0.25, 0.3) is 10.8 Å². The summed E-state index contributed by atoms with van der Waals surface area (Å²) in [6.45, 7) is 0. The molecule has 4 aromatic carbocycles. The van der Waals surface area contributed by atoms with E-state index >= 15 is 0 Å². The summed E-state index contributed by atoms with van der Waals surface area (Å²) < 4.78 is 134. The summed E-state index contributed by atoms with van der Waals surface area (Å²) in [6.07, 6.45) is 0. The predicted molar refractivity (Wildman–Crippen MR) is 181 cm³/mol. The number of hydrazine groups is 1. The van der Waals surface area contributed by atoms with Crippen LogP contribution in [0.15, 0.2) is 80.2 Å². The lowest BCUT2D eigenvalue weighted by molar-refractivity contribution is 0.471. The number of para-hydroxylation sites is 1. The molecular formula is C25H21ClN8O13S4. The Hall–Kier alpha value is -5.12. The maximum atomic E-state index is 12.4. The molecule has 0 radical (unpaired) electrons. The van der Waals surface area contributed by atoms with Gasteiger partial charge in [-0.25, -0.2) is 0 Å². The van der Waals surface area contributed by atoms with Crippen LogP contribution in [0.4, 0.5) is 40.3 Å². The van der Waals surface area contributed by atoms with Gasteiger partial charge in [0.1, 0.15) is 20.4 Å². The van der Waals surface area contributed by atoms with Gasteiger partial charge >= 0.3 is 0 Å². The number of phenolic OH excluding ortho intramolecular Hbond substituents is 1. The number of nitrogens with one attached hydrogen (secondary N) is 4. The Morgan fingerprint density at radius 3 is 1.84 bits per heavy atom. The van der Waals surface area contributed by atoms with E-state index in [0.717, 1.165) is 24.3 Å². The first-order valence-corrected chi connectivity index (χ1v) is 19.4. The van der Waals surface area contributed by atoms with Gasteiger partial charge in [-0.1, -0.05) is 12.1 Å². The summed E-state index contributed by atoms with van der Waals surface area (Å²) >= 11 is 5.99. The van der Waals surface area contributed by atoms with Crippen LogP contribution in [0.5, 0.6) is 5.75 Å². The minimum atomic E-state index is -5.09. The minimum absolute atomic E-state index is 0.0894. The maximum Gasteiger partial charge on any atom is 0.296 e. The number of nitrogens with two attached hydrogens (primary N) is 1. The van der Waals surface area contributed by atoms with Crippen LogP contribution in [0.2, 0.25) is 5.28 Å². The normalized spacial score (nSPS) is 12.4. The number of fused-ring (bicyclic) bond motifs is 1. The molecule has 0 amide bonds. The van der Waals surface area contributed by atoms with Crippen LogP contribution in [-0.4, -0.2) is 71.9 Å². The number of hydrogen-bond donors (Lipinski definition) is 10. The highest BCUT2D eigenvalue weighted by Crippen LogP contribution is 2.41. The van der Waals surface area contributed by atoms with Gasteiger partial charge in [-0.2, -0.15) is 48.6 Å². The van der Waals surface area contributed by atoms with E-state index in [0.29, 0.717) is 12.1 Å². The second-order valence-corrected chi connectivity index (χ2v) is 16.0. The van der Waals surface area contributed by atoms with E-state index in [2.05, 4.69) is 36.4 Å². The summed E-state index contributed by atoms with van der Waals surface area (Å²) in [5.74, 6) is -1.48. The van der Waals surface area contributed by atoms with E-state index in [4.69, 9.17) is 17.3 Å². The highest BCUT2D eigenvalue weighted by molar-refractivity contribution is 7.86. The smallest absolute Gasteiger partial charge is 0.296 e. The Bertz CT molecular complexity index is 2700. The molecule has 26 heteroatoms. The van der Waals surface area contributed by atoms with Gasteiger partial charge in [-0.15, -0.1) is 0 Å². The van der Waals surface area contributed by atoms with Crippen molar-refractivity contribution >= 4 is 103 Å². The molecule has 0 saturated carbocycles. The van der Waals surface area contributed by atoms with Crippen molar-refractivity contribution < 1.29 is 57.0 Å². The second kappa shape index (κ2) is 13.2. The molecule has 51 heavy (non-hydrogen) atoms. The van der Waals surface area contributed by atoms with E-state index < -0.39 is 88.1 Å². The molecule has 0 aliphatic rings. The SMILES string of the molecule is Nc1c(S(=O)(=O)O)cc2cc(S(=O)(=O)O)cc(O)c2c1NNc1ccc(Nc2nc(Cl)nc(Nc3ccccc3S(=O)(=O)O)n2)cc1S(=O)(=O)O. The number of benzene rings is 4. The number of aromatic hydroxyl groups is 1. The number of phenols is 1. The number of hydrogen-bond acceptors (Lipinski definition) is 17. The second-order valence-electron chi connectivity index (χ2n) is 10.1. The lowest BCUT2D eigenvalue weighted by atomic mass is 10.1. The zero-order valence-electron chi connectivity index (χ0n) is 24.7. The molecule has 0 bridgehead atoms. The third kappa shape index (κ3) is 8.27.